The van der Waals surface area contributed by atoms with E-state index < -0.39 is 6.10 Å². The van der Waals surface area contributed by atoms with Gasteiger partial charge in [-0.25, -0.2) is 0 Å². The number of benzene rings is 2. The number of halogens is 1. The summed E-state index contributed by atoms with van der Waals surface area (Å²) in [6.45, 7) is 1.38. The summed E-state index contributed by atoms with van der Waals surface area (Å²) in [5.41, 5.74) is 2.15. The summed E-state index contributed by atoms with van der Waals surface area (Å²) in [4.78, 5) is 0. The predicted molar refractivity (Wildman–Crippen MR) is 79.4 cm³/mol. The Hall–Kier alpha value is -1.35. The van der Waals surface area contributed by atoms with Gasteiger partial charge in [-0.2, -0.15) is 0 Å². The molecule has 0 aliphatic carbocycles. The first-order chi connectivity index (χ1) is 9.25. The SMILES string of the molecule is O[C@H](CNCCc1ccccc1)c1cccc(Cl)c1. The quantitative estimate of drug-likeness (QED) is 0.794. The van der Waals surface area contributed by atoms with Crippen molar-refractivity contribution in [2.45, 2.75) is 12.5 Å². The van der Waals surface area contributed by atoms with Crippen LogP contribution in [-0.2, 0) is 6.42 Å². The molecular weight excluding hydrogens is 258 g/mol. The standard InChI is InChI=1S/C16H18ClNO/c17-15-8-4-7-14(11-15)16(19)12-18-10-9-13-5-2-1-3-6-13/h1-8,11,16,18-19H,9-10,12H2/t16-/m1/s1. The predicted octanol–water partition coefficient (Wildman–Crippen LogP) is 3.21. The Morgan fingerprint density at radius 3 is 2.58 bits per heavy atom. The molecule has 0 aromatic heterocycles. The highest BCUT2D eigenvalue weighted by Gasteiger charge is 2.06. The first-order valence-corrected chi connectivity index (χ1v) is 6.81. The molecule has 100 valence electrons. The molecule has 2 rings (SSSR count). The molecule has 0 fully saturated rings. The minimum atomic E-state index is -0.519. The fourth-order valence-corrected chi connectivity index (χ4v) is 2.15. The summed E-state index contributed by atoms with van der Waals surface area (Å²) in [6, 6.07) is 17.6. The highest BCUT2D eigenvalue weighted by molar-refractivity contribution is 6.30. The number of aliphatic hydroxyl groups is 1. The molecule has 0 radical (unpaired) electrons. The maximum absolute atomic E-state index is 10.0. The van der Waals surface area contributed by atoms with Crippen molar-refractivity contribution in [3.05, 3.63) is 70.7 Å². The third-order valence-electron chi connectivity index (χ3n) is 3.00. The van der Waals surface area contributed by atoms with E-state index in [0.29, 0.717) is 11.6 Å². The molecule has 2 nitrogen and oxygen atoms in total. The Morgan fingerprint density at radius 2 is 1.84 bits per heavy atom. The van der Waals surface area contributed by atoms with Crippen LogP contribution >= 0.6 is 11.6 Å². The molecule has 19 heavy (non-hydrogen) atoms. The van der Waals surface area contributed by atoms with Gasteiger partial charge < -0.3 is 10.4 Å². The molecule has 1 atom stereocenters. The first-order valence-electron chi connectivity index (χ1n) is 6.44. The monoisotopic (exact) mass is 275 g/mol. The largest absolute Gasteiger partial charge is 0.387 e. The third-order valence-corrected chi connectivity index (χ3v) is 3.24. The van der Waals surface area contributed by atoms with E-state index in [2.05, 4.69) is 17.4 Å². The van der Waals surface area contributed by atoms with E-state index in [1.54, 1.807) is 12.1 Å². The van der Waals surface area contributed by atoms with Gasteiger partial charge in [0.2, 0.25) is 0 Å². The van der Waals surface area contributed by atoms with Crippen LogP contribution in [0.15, 0.2) is 54.6 Å². The Balaban J connectivity index is 1.74. The maximum Gasteiger partial charge on any atom is 0.0914 e. The van der Waals surface area contributed by atoms with E-state index in [1.165, 1.54) is 5.56 Å². The van der Waals surface area contributed by atoms with Crippen molar-refractivity contribution >= 4 is 11.6 Å². The van der Waals surface area contributed by atoms with Crippen LogP contribution in [0.5, 0.6) is 0 Å². The lowest BCUT2D eigenvalue weighted by Crippen LogP contribution is -2.23. The topological polar surface area (TPSA) is 32.3 Å². The van der Waals surface area contributed by atoms with Gasteiger partial charge in [0, 0.05) is 11.6 Å². The molecule has 2 aromatic rings. The second-order valence-electron chi connectivity index (χ2n) is 4.51. The molecule has 0 unspecified atom stereocenters. The van der Waals surface area contributed by atoms with Gasteiger partial charge in [0.15, 0.2) is 0 Å². The minimum Gasteiger partial charge on any atom is -0.387 e. The van der Waals surface area contributed by atoms with Gasteiger partial charge in [0.25, 0.3) is 0 Å². The Bertz CT molecular complexity index is 501. The van der Waals surface area contributed by atoms with Crippen LogP contribution in [0, 0.1) is 0 Å². The van der Waals surface area contributed by atoms with E-state index in [-0.39, 0.29) is 0 Å². The van der Waals surface area contributed by atoms with Gasteiger partial charge in [0.05, 0.1) is 6.10 Å². The number of hydrogen-bond acceptors (Lipinski definition) is 2. The number of nitrogens with one attached hydrogen (secondary N) is 1. The van der Waals surface area contributed by atoms with Crippen molar-refractivity contribution in [2.75, 3.05) is 13.1 Å². The summed E-state index contributed by atoms with van der Waals surface area (Å²) in [7, 11) is 0. The van der Waals surface area contributed by atoms with Crippen LogP contribution in [0.1, 0.15) is 17.2 Å². The van der Waals surface area contributed by atoms with Crippen molar-refractivity contribution in [3.63, 3.8) is 0 Å². The van der Waals surface area contributed by atoms with Gasteiger partial charge >= 0.3 is 0 Å². The van der Waals surface area contributed by atoms with Crippen LogP contribution in [0.4, 0.5) is 0 Å². The van der Waals surface area contributed by atoms with Crippen LogP contribution in [0.3, 0.4) is 0 Å². The zero-order valence-electron chi connectivity index (χ0n) is 10.7. The summed E-state index contributed by atoms with van der Waals surface area (Å²) in [5.74, 6) is 0. The zero-order valence-corrected chi connectivity index (χ0v) is 11.5. The number of hydrogen-bond donors (Lipinski definition) is 2. The summed E-state index contributed by atoms with van der Waals surface area (Å²) in [6.07, 6.45) is 0.442. The van der Waals surface area contributed by atoms with Crippen molar-refractivity contribution < 1.29 is 5.11 Å². The number of aliphatic hydroxyl groups excluding tert-OH is 1. The lowest BCUT2D eigenvalue weighted by molar-refractivity contribution is 0.175. The van der Waals surface area contributed by atoms with E-state index in [9.17, 15) is 5.11 Å². The first kappa shape index (κ1) is 14.1. The average molecular weight is 276 g/mol. The molecule has 0 saturated carbocycles. The van der Waals surface area contributed by atoms with E-state index in [4.69, 9.17) is 11.6 Å². The summed E-state index contributed by atoms with van der Waals surface area (Å²) < 4.78 is 0. The van der Waals surface area contributed by atoms with Crippen molar-refractivity contribution in [2.24, 2.45) is 0 Å². The van der Waals surface area contributed by atoms with Crippen molar-refractivity contribution in [1.82, 2.24) is 5.32 Å². The van der Waals surface area contributed by atoms with E-state index in [1.807, 2.05) is 30.3 Å². The van der Waals surface area contributed by atoms with Crippen molar-refractivity contribution in [1.29, 1.82) is 0 Å². The van der Waals surface area contributed by atoms with Crippen LogP contribution < -0.4 is 5.32 Å². The lowest BCUT2D eigenvalue weighted by atomic mass is 10.1. The molecular formula is C16H18ClNO. The second-order valence-corrected chi connectivity index (χ2v) is 4.95. The van der Waals surface area contributed by atoms with Gasteiger partial charge in [0.1, 0.15) is 0 Å². The molecule has 0 heterocycles. The number of rotatable bonds is 6. The van der Waals surface area contributed by atoms with Crippen LogP contribution in [0.25, 0.3) is 0 Å². The molecule has 0 spiro atoms. The molecule has 0 aliphatic heterocycles. The fourth-order valence-electron chi connectivity index (χ4n) is 1.95. The minimum absolute atomic E-state index is 0.519. The fraction of sp³-hybridized carbons (Fsp3) is 0.250. The van der Waals surface area contributed by atoms with Gasteiger partial charge in [-0.05, 0) is 36.2 Å². The van der Waals surface area contributed by atoms with E-state index in [0.717, 1.165) is 18.5 Å². The second kappa shape index (κ2) is 7.29. The van der Waals surface area contributed by atoms with E-state index >= 15 is 0 Å². The smallest absolute Gasteiger partial charge is 0.0914 e. The zero-order chi connectivity index (χ0) is 13.5. The maximum atomic E-state index is 10.0. The lowest BCUT2D eigenvalue weighted by Gasteiger charge is -2.12. The van der Waals surface area contributed by atoms with Gasteiger partial charge in [-0.15, -0.1) is 0 Å². The molecule has 0 amide bonds. The molecule has 3 heteroatoms. The molecule has 2 N–H and O–H groups in total. The van der Waals surface area contributed by atoms with Gasteiger partial charge in [-0.1, -0.05) is 54.1 Å². The Morgan fingerprint density at radius 1 is 1.05 bits per heavy atom. The molecule has 0 aliphatic rings. The molecule has 0 saturated heterocycles. The average Bonchev–Trinajstić information content (AvgIpc) is 2.44. The van der Waals surface area contributed by atoms with Crippen LogP contribution in [-0.4, -0.2) is 18.2 Å². The third kappa shape index (κ3) is 4.67. The normalized spacial score (nSPS) is 12.3. The summed E-state index contributed by atoms with van der Waals surface area (Å²) >= 11 is 5.90. The highest BCUT2D eigenvalue weighted by Crippen LogP contribution is 2.16. The van der Waals surface area contributed by atoms with Gasteiger partial charge in [-0.3, -0.25) is 0 Å². The van der Waals surface area contributed by atoms with Crippen LogP contribution in [0.2, 0.25) is 5.02 Å². The Labute approximate surface area is 119 Å². The highest BCUT2D eigenvalue weighted by atomic mass is 35.5. The molecule has 0 bridgehead atoms. The van der Waals surface area contributed by atoms with Crippen molar-refractivity contribution in [3.8, 4) is 0 Å². The summed E-state index contributed by atoms with van der Waals surface area (Å²) in [5, 5.41) is 13.9. The molecule has 2 aromatic carbocycles. The Kier molecular flexibility index (Phi) is 5.40.